The lowest BCUT2D eigenvalue weighted by molar-refractivity contribution is 1.14. The third-order valence-electron chi connectivity index (χ3n) is 2.52. The first-order valence-electron chi connectivity index (χ1n) is 5.30. The van der Waals surface area contributed by atoms with Gasteiger partial charge in [0.15, 0.2) is 0 Å². The van der Waals surface area contributed by atoms with Crippen molar-refractivity contribution in [1.82, 2.24) is 0 Å². The molecule has 0 bridgehead atoms. The Balaban J connectivity index is 2.08. The summed E-state index contributed by atoms with van der Waals surface area (Å²) in [5.41, 5.74) is 3.68. The summed E-state index contributed by atoms with van der Waals surface area (Å²) in [5, 5.41) is 3.42. The van der Waals surface area contributed by atoms with Crippen LogP contribution in [0.4, 0.5) is 5.69 Å². The molecule has 1 N–H and O–H groups in total. The first-order valence-corrected chi connectivity index (χ1v) is 6.09. The SMILES string of the molecule is Cc1cccc(NCc2ccccc2)c1Br. The molecule has 0 aromatic heterocycles. The third-order valence-corrected chi connectivity index (χ3v) is 3.57. The Morgan fingerprint density at radius 2 is 1.75 bits per heavy atom. The van der Waals surface area contributed by atoms with E-state index in [4.69, 9.17) is 0 Å². The lowest BCUT2D eigenvalue weighted by atomic mass is 10.2. The van der Waals surface area contributed by atoms with Crippen molar-refractivity contribution < 1.29 is 0 Å². The van der Waals surface area contributed by atoms with Crippen LogP contribution in [0.1, 0.15) is 11.1 Å². The predicted molar refractivity (Wildman–Crippen MR) is 72.6 cm³/mol. The van der Waals surface area contributed by atoms with Gasteiger partial charge in [-0.3, -0.25) is 0 Å². The number of hydrogen-bond acceptors (Lipinski definition) is 1. The Bertz CT molecular complexity index is 465. The number of benzene rings is 2. The molecule has 0 heterocycles. The first-order chi connectivity index (χ1) is 7.77. The van der Waals surface area contributed by atoms with E-state index in [9.17, 15) is 0 Å². The van der Waals surface area contributed by atoms with Crippen LogP contribution in [0.15, 0.2) is 53.0 Å². The molecule has 2 aromatic carbocycles. The maximum absolute atomic E-state index is 3.59. The second-order valence-electron chi connectivity index (χ2n) is 3.78. The van der Waals surface area contributed by atoms with Gasteiger partial charge in [-0.15, -0.1) is 0 Å². The van der Waals surface area contributed by atoms with Crippen molar-refractivity contribution in [2.24, 2.45) is 0 Å². The van der Waals surface area contributed by atoms with E-state index in [1.54, 1.807) is 0 Å². The van der Waals surface area contributed by atoms with Crippen molar-refractivity contribution >= 4 is 21.6 Å². The number of anilines is 1. The van der Waals surface area contributed by atoms with Gasteiger partial charge in [0.2, 0.25) is 0 Å². The summed E-state index contributed by atoms with van der Waals surface area (Å²) >= 11 is 3.59. The minimum Gasteiger partial charge on any atom is -0.380 e. The van der Waals surface area contributed by atoms with E-state index >= 15 is 0 Å². The van der Waals surface area contributed by atoms with Crippen molar-refractivity contribution in [3.05, 3.63) is 64.1 Å². The molecule has 0 fully saturated rings. The third kappa shape index (κ3) is 2.64. The van der Waals surface area contributed by atoms with Crippen LogP contribution in [0.5, 0.6) is 0 Å². The zero-order valence-corrected chi connectivity index (χ0v) is 10.8. The smallest absolute Gasteiger partial charge is 0.0490 e. The van der Waals surface area contributed by atoms with Gasteiger partial charge in [0, 0.05) is 16.7 Å². The largest absolute Gasteiger partial charge is 0.380 e. The van der Waals surface area contributed by atoms with Gasteiger partial charge in [-0.25, -0.2) is 0 Å². The number of nitrogens with one attached hydrogen (secondary N) is 1. The average molecular weight is 276 g/mol. The molecule has 0 atom stereocenters. The number of halogens is 1. The molecular weight excluding hydrogens is 262 g/mol. The van der Waals surface area contributed by atoms with Gasteiger partial charge in [-0.1, -0.05) is 42.5 Å². The van der Waals surface area contributed by atoms with Crippen LogP contribution < -0.4 is 5.32 Å². The Labute approximate surface area is 105 Å². The summed E-state index contributed by atoms with van der Waals surface area (Å²) in [4.78, 5) is 0. The van der Waals surface area contributed by atoms with E-state index in [0.717, 1.165) is 16.7 Å². The molecule has 0 aliphatic rings. The van der Waals surface area contributed by atoms with Crippen LogP contribution in [0, 0.1) is 6.92 Å². The van der Waals surface area contributed by atoms with Crippen molar-refractivity contribution in [1.29, 1.82) is 0 Å². The minimum absolute atomic E-state index is 0.850. The van der Waals surface area contributed by atoms with E-state index in [1.807, 2.05) is 6.07 Å². The summed E-state index contributed by atoms with van der Waals surface area (Å²) in [6.45, 7) is 2.95. The maximum atomic E-state index is 3.59. The van der Waals surface area contributed by atoms with Crippen molar-refractivity contribution in [2.45, 2.75) is 13.5 Å². The summed E-state index contributed by atoms with van der Waals surface area (Å²) in [6, 6.07) is 16.6. The van der Waals surface area contributed by atoms with E-state index in [2.05, 4.69) is 70.6 Å². The van der Waals surface area contributed by atoms with E-state index < -0.39 is 0 Å². The topological polar surface area (TPSA) is 12.0 Å². The quantitative estimate of drug-likeness (QED) is 0.877. The monoisotopic (exact) mass is 275 g/mol. The molecule has 82 valence electrons. The van der Waals surface area contributed by atoms with Crippen molar-refractivity contribution in [2.75, 3.05) is 5.32 Å². The first kappa shape index (κ1) is 11.2. The van der Waals surface area contributed by atoms with Crippen LogP contribution in [-0.4, -0.2) is 0 Å². The molecule has 0 spiro atoms. The molecule has 2 heteroatoms. The molecule has 0 saturated heterocycles. The Morgan fingerprint density at radius 1 is 1.00 bits per heavy atom. The van der Waals surface area contributed by atoms with Crippen LogP contribution in [-0.2, 0) is 6.54 Å². The van der Waals surface area contributed by atoms with Gasteiger partial charge in [0.1, 0.15) is 0 Å². The molecule has 2 rings (SSSR count). The van der Waals surface area contributed by atoms with Crippen molar-refractivity contribution in [3.63, 3.8) is 0 Å². The van der Waals surface area contributed by atoms with Crippen LogP contribution >= 0.6 is 15.9 Å². The number of rotatable bonds is 3. The molecule has 0 aliphatic carbocycles. The zero-order chi connectivity index (χ0) is 11.4. The fourth-order valence-electron chi connectivity index (χ4n) is 1.58. The predicted octanol–water partition coefficient (Wildman–Crippen LogP) is 4.37. The molecule has 2 aromatic rings. The Kier molecular flexibility index (Phi) is 3.62. The van der Waals surface area contributed by atoms with E-state index in [-0.39, 0.29) is 0 Å². The standard InChI is InChI=1S/C14H14BrN/c1-11-6-5-9-13(14(11)15)16-10-12-7-3-2-4-8-12/h2-9,16H,10H2,1H3. The molecule has 0 saturated carbocycles. The average Bonchev–Trinajstić information content (AvgIpc) is 2.32. The molecule has 16 heavy (non-hydrogen) atoms. The fraction of sp³-hybridized carbons (Fsp3) is 0.143. The summed E-state index contributed by atoms with van der Waals surface area (Å²) in [6.07, 6.45) is 0. The Hall–Kier alpha value is -1.28. The summed E-state index contributed by atoms with van der Waals surface area (Å²) in [7, 11) is 0. The Morgan fingerprint density at radius 3 is 2.50 bits per heavy atom. The highest BCUT2D eigenvalue weighted by molar-refractivity contribution is 9.10. The van der Waals surface area contributed by atoms with Gasteiger partial charge in [0.05, 0.1) is 0 Å². The van der Waals surface area contributed by atoms with Gasteiger partial charge in [0.25, 0.3) is 0 Å². The van der Waals surface area contributed by atoms with E-state index in [0.29, 0.717) is 0 Å². The van der Waals surface area contributed by atoms with Gasteiger partial charge < -0.3 is 5.32 Å². The van der Waals surface area contributed by atoms with Crippen LogP contribution in [0.3, 0.4) is 0 Å². The molecule has 0 radical (unpaired) electrons. The molecule has 0 unspecified atom stereocenters. The van der Waals surface area contributed by atoms with Gasteiger partial charge in [-0.05, 0) is 40.0 Å². The van der Waals surface area contributed by atoms with E-state index in [1.165, 1.54) is 11.1 Å². The zero-order valence-electron chi connectivity index (χ0n) is 9.20. The highest BCUT2D eigenvalue weighted by Crippen LogP contribution is 2.26. The second-order valence-corrected chi connectivity index (χ2v) is 4.57. The highest BCUT2D eigenvalue weighted by atomic mass is 79.9. The second kappa shape index (κ2) is 5.17. The lowest BCUT2D eigenvalue weighted by Crippen LogP contribution is -2.00. The molecule has 0 aliphatic heterocycles. The van der Waals surface area contributed by atoms with Crippen LogP contribution in [0.2, 0.25) is 0 Å². The summed E-state index contributed by atoms with van der Waals surface area (Å²) < 4.78 is 1.14. The van der Waals surface area contributed by atoms with Crippen LogP contribution in [0.25, 0.3) is 0 Å². The fourth-order valence-corrected chi connectivity index (χ4v) is 1.98. The van der Waals surface area contributed by atoms with Gasteiger partial charge in [-0.2, -0.15) is 0 Å². The molecule has 1 nitrogen and oxygen atoms in total. The maximum Gasteiger partial charge on any atom is 0.0490 e. The highest BCUT2D eigenvalue weighted by Gasteiger charge is 2.01. The number of hydrogen-bond donors (Lipinski definition) is 1. The molecular formula is C14H14BrN. The number of aryl methyl sites for hydroxylation is 1. The lowest BCUT2D eigenvalue weighted by Gasteiger charge is -2.10. The summed E-state index contributed by atoms with van der Waals surface area (Å²) in [5.74, 6) is 0. The normalized spacial score (nSPS) is 10.1. The molecule has 0 amide bonds. The minimum atomic E-state index is 0.850. The van der Waals surface area contributed by atoms with Gasteiger partial charge >= 0.3 is 0 Å². The van der Waals surface area contributed by atoms with Crippen molar-refractivity contribution in [3.8, 4) is 0 Å².